The molecule has 0 aromatic heterocycles. The van der Waals surface area contributed by atoms with Crippen LogP contribution in [0.3, 0.4) is 0 Å². The van der Waals surface area contributed by atoms with Crippen LogP contribution in [-0.2, 0) is 19.2 Å². The SMILES string of the molecule is O=C(OC1CNCCN1OC(=O)C(F)(F)F)C(F)(F)F. The number of hydrogen-bond acceptors (Lipinski definition) is 6. The maximum Gasteiger partial charge on any atom is 0.492 e. The standard InChI is InChI=1S/C8H8F6N2O4/c9-7(10,11)5(17)19-4-3-15-1-2-16(4)20-6(18)8(12,13)14/h4,15H,1-3H2. The summed E-state index contributed by atoms with van der Waals surface area (Å²) in [7, 11) is 0. The fourth-order valence-electron chi connectivity index (χ4n) is 1.21. The molecule has 0 amide bonds. The minimum Gasteiger partial charge on any atom is -0.435 e. The lowest BCUT2D eigenvalue weighted by Gasteiger charge is -2.33. The first-order valence-corrected chi connectivity index (χ1v) is 5.06. The molecule has 0 aromatic carbocycles. The number of carbonyl (C=O) groups is 2. The fourth-order valence-corrected chi connectivity index (χ4v) is 1.21. The van der Waals surface area contributed by atoms with E-state index in [1.807, 2.05) is 0 Å². The van der Waals surface area contributed by atoms with E-state index in [9.17, 15) is 35.9 Å². The van der Waals surface area contributed by atoms with Crippen LogP contribution < -0.4 is 5.32 Å². The lowest BCUT2D eigenvalue weighted by Crippen LogP contribution is -2.55. The van der Waals surface area contributed by atoms with Gasteiger partial charge in [-0.15, -0.1) is 0 Å². The van der Waals surface area contributed by atoms with Crippen LogP contribution in [0.25, 0.3) is 0 Å². The average Bonchev–Trinajstić information content (AvgIpc) is 2.29. The van der Waals surface area contributed by atoms with Crippen molar-refractivity contribution in [3.05, 3.63) is 0 Å². The van der Waals surface area contributed by atoms with Crippen LogP contribution in [0.2, 0.25) is 0 Å². The number of hydroxylamine groups is 2. The third-order valence-corrected chi connectivity index (χ3v) is 2.06. The van der Waals surface area contributed by atoms with E-state index in [-0.39, 0.29) is 18.2 Å². The summed E-state index contributed by atoms with van der Waals surface area (Å²) in [6.07, 6.45) is -12.4. The van der Waals surface area contributed by atoms with Crippen LogP contribution in [0.15, 0.2) is 0 Å². The van der Waals surface area contributed by atoms with E-state index in [1.165, 1.54) is 0 Å². The number of hydrogen-bond donors (Lipinski definition) is 1. The summed E-state index contributed by atoms with van der Waals surface area (Å²) < 4.78 is 75.8. The van der Waals surface area contributed by atoms with Crippen LogP contribution in [0.4, 0.5) is 26.3 Å². The molecule has 12 heteroatoms. The quantitative estimate of drug-likeness (QED) is 0.586. The number of nitrogens with one attached hydrogen (secondary N) is 1. The molecule has 1 aliphatic rings. The van der Waals surface area contributed by atoms with Crippen molar-refractivity contribution in [3.63, 3.8) is 0 Å². The van der Waals surface area contributed by atoms with E-state index in [0.29, 0.717) is 0 Å². The van der Waals surface area contributed by atoms with E-state index in [1.54, 1.807) is 0 Å². The highest BCUT2D eigenvalue weighted by Gasteiger charge is 2.46. The molecule has 0 aromatic rings. The Balaban J connectivity index is 2.68. The normalized spacial score (nSPS) is 21.4. The third-order valence-electron chi connectivity index (χ3n) is 2.06. The Kier molecular flexibility index (Phi) is 4.81. The zero-order chi connectivity index (χ0) is 15.6. The molecule has 0 bridgehead atoms. The summed E-state index contributed by atoms with van der Waals surface area (Å²) in [5.41, 5.74) is 0. The van der Waals surface area contributed by atoms with Crippen LogP contribution in [0, 0.1) is 0 Å². The van der Waals surface area contributed by atoms with E-state index < -0.39 is 37.1 Å². The highest BCUT2D eigenvalue weighted by molar-refractivity contribution is 5.76. The van der Waals surface area contributed by atoms with Crippen molar-refractivity contribution < 1.29 is 45.5 Å². The van der Waals surface area contributed by atoms with Crippen LogP contribution >= 0.6 is 0 Å². The topological polar surface area (TPSA) is 67.9 Å². The number of halogens is 6. The second-order valence-electron chi connectivity index (χ2n) is 3.58. The van der Waals surface area contributed by atoms with Crippen LogP contribution in [-0.4, -0.2) is 55.2 Å². The predicted octanol–water partition coefficient (Wildman–Crippen LogP) is 0.344. The van der Waals surface area contributed by atoms with Gasteiger partial charge in [-0.3, -0.25) is 0 Å². The second kappa shape index (κ2) is 5.83. The summed E-state index contributed by atoms with van der Waals surface area (Å²) in [4.78, 5) is 25.1. The molecule has 1 aliphatic heterocycles. The molecule has 1 unspecified atom stereocenters. The minimum atomic E-state index is -5.32. The Morgan fingerprint density at radius 2 is 1.60 bits per heavy atom. The molecule has 1 rings (SSSR count). The van der Waals surface area contributed by atoms with Gasteiger partial charge in [-0.2, -0.15) is 26.3 Å². The maximum atomic E-state index is 12.0. The lowest BCUT2D eigenvalue weighted by molar-refractivity contribution is -0.280. The molecule has 0 aliphatic carbocycles. The highest BCUT2D eigenvalue weighted by atomic mass is 19.4. The van der Waals surface area contributed by atoms with Gasteiger partial charge in [0.25, 0.3) is 0 Å². The van der Waals surface area contributed by atoms with Crippen molar-refractivity contribution in [1.29, 1.82) is 0 Å². The minimum absolute atomic E-state index is 0.0329. The van der Waals surface area contributed by atoms with Gasteiger partial charge in [-0.1, -0.05) is 5.06 Å². The largest absolute Gasteiger partial charge is 0.492 e. The molecule has 0 saturated carbocycles. The molecule has 1 N–H and O–H groups in total. The summed E-state index contributed by atoms with van der Waals surface area (Å²) >= 11 is 0. The molecule has 0 radical (unpaired) electrons. The number of carbonyl (C=O) groups excluding carboxylic acids is 2. The Bertz CT molecular complexity index is 346. The predicted molar refractivity (Wildman–Crippen MR) is 47.7 cm³/mol. The van der Waals surface area contributed by atoms with E-state index in [0.717, 1.165) is 0 Å². The first-order chi connectivity index (χ1) is 9.01. The maximum absolute atomic E-state index is 12.0. The van der Waals surface area contributed by atoms with Crippen molar-refractivity contribution in [2.24, 2.45) is 0 Å². The van der Waals surface area contributed by atoms with E-state index >= 15 is 0 Å². The molecular weight excluding hydrogens is 302 g/mol. The molecule has 1 saturated heterocycles. The number of ether oxygens (including phenoxy) is 1. The van der Waals surface area contributed by atoms with Crippen molar-refractivity contribution in [1.82, 2.24) is 10.4 Å². The second-order valence-corrected chi connectivity index (χ2v) is 3.58. The molecule has 116 valence electrons. The molecule has 20 heavy (non-hydrogen) atoms. The Morgan fingerprint density at radius 3 is 2.10 bits per heavy atom. The first kappa shape index (κ1) is 16.5. The number of alkyl halides is 6. The number of piperazine rings is 1. The lowest BCUT2D eigenvalue weighted by atomic mass is 10.4. The highest BCUT2D eigenvalue weighted by Crippen LogP contribution is 2.21. The zero-order valence-electron chi connectivity index (χ0n) is 9.55. The summed E-state index contributed by atoms with van der Waals surface area (Å²) in [5.74, 6) is -5.22. The molecule has 1 heterocycles. The van der Waals surface area contributed by atoms with Gasteiger partial charge in [0, 0.05) is 13.1 Å². The molecule has 1 fully saturated rings. The molecule has 6 nitrogen and oxygen atoms in total. The van der Waals surface area contributed by atoms with Gasteiger partial charge in [-0.05, 0) is 0 Å². The van der Waals surface area contributed by atoms with Crippen molar-refractivity contribution in [2.75, 3.05) is 19.6 Å². The van der Waals surface area contributed by atoms with Gasteiger partial charge in [0.2, 0.25) is 0 Å². The van der Waals surface area contributed by atoms with E-state index in [4.69, 9.17) is 0 Å². The third kappa shape index (κ3) is 4.52. The summed E-state index contributed by atoms with van der Waals surface area (Å²) in [6.45, 7) is -0.768. The van der Waals surface area contributed by atoms with Gasteiger partial charge >= 0.3 is 24.3 Å². The Hall–Kier alpha value is -1.56. The van der Waals surface area contributed by atoms with E-state index in [2.05, 4.69) is 14.9 Å². The Morgan fingerprint density at radius 1 is 1.05 bits per heavy atom. The van der Waals surface area contributed by atoms with Gasteiger partial charge in [-0.25, -0.2) is 9.59 Å². The van der Waals surface area contributed by atoms with Crippen molar-refractivity contribution in [3.8, 4) is 0 Å². The van der Waals surface area contributed by atoms with Gasteiger partial charge in [0.15, 0.2) is 6.23 Å². The van der Waals surface area contributed by atoms with Crippen molar-refractivity contribution >= 4 is 11.9 Å². The Labute approximate surface area is 107 Å². The fraction of sp³-hybridized carbons (Fsp3) is 0.750. The van der Waals surface area contributed by atoms with Crippen LogP contribution in [0.5, 0.6) is 0 Å². The first-order valence-electron chi connectivity index (χ1n) is 5.06. The molecular formula is C8H8F6N2O4. The number of nitrogens with zero attached hydrogens (tertiary/aromatic N) is 1. The molecule has 1 atom stereocenters. The summed E-state index contributed by atoms with van der Waals surface area (Å²) in [5, 5.41) is 2.71. The van der Waals surface area contributed by atoms with Crippen molar-refractivity contribution in [2.45, 2.75) is 18.6 Å². The van der Waals surface area contributed by atoms with Crippen LogP contribution in [0.1, 0.15) is 0 Å². The zero-order valence-corrected chi connectivity index (χ0v) is 9.55. The monoisotopic (exact) mass is 310 g/mol. The number of rotatable bonds is 2. The number of esters is 1. The average molecular weight is 310 g/mol. The smallest absolute Gasteiger partial charge is 0.435 e. The van der Waals surface area contributed by atoms with Gasteiger partial charge in [0.1, 0.15) is 0 Å². The van der Waals surface area contributed by atoms with Gasteiger partial charge in [0.05, 0.1) is 6.54 Å². The molecule has 0 spiro atoms. The van der Waals surface area contributed by atoms with Gasteiger partial charge < -0.3 is 14.9 Å². The summed E-state index contributed by atoms with van der Waals surface area (Å²) in [6, 6.07) is 0.